The number of halogens is 1. The molecule has 1 saturated carbocycles. The van der Waals surface area contributed by atoms with Crippen molar-refractivity contribution in [3.8, 4) is 0 Å². The van der Waals surface area contributed by atoms with Crippen LogP contribution in [0, 0.1) is 5.82 Å². The monoisotopic (exact) mass is 180 g/mol. The van der Waals surface area contributed by atoms with Crippen LogP contribution < -0.4 is 5.43 Å². The van der Waals surface area contributed by atoms with Crippen LogP contribution in [0.15, 0.2) is 17.6 Å². The lowest BCUT2D eigenvalue weighted by molar-refractivity contribution is 0.617. The van der Waals surface area contributed by atoms with Gasteiger partial charge in [-0.2, -0.15) is 5.10 Å². The normalized spacial score (nSPS) is 15.0. The molecule has 0 spiro atoms. The highest BCUT2D eigenvalue weighted by Crippen LogP contribution is 2.15. The first-order chi connectivity index (χ1) is 6.36. The SMILES string of the molecule is Fc1cncnc1NN=C1CCC1. The van der Waals surface area contributed by atoms with E-state index in [1.54, 1.807) is 0 Å². The second-order valence-electron chi connectivity index (χ2n) is 2.86. The lowest BCUT2D eigenvalue weighted by Crippen LogP contribution is -2.12. The van der Waals surface area contributed by atoms with E-state index < -0.39 is 5.82 Å². The summed E-state index contributed by atoms with van der Waals surface area (Å²) in [6.45, 7) is 0. The van der Waals surface area contributed by atoms with E-state index in [4.69, 9.17) is 0 Å². The van der Waals surface area contributed by atoms with Crippen molar-refractivity contribution >= 4 is 11.5 Å². The van der Waals surface area contributed by atoms with E-state index in [2.05, 4.69) is 20.5 Å². The molecule has 68 valence electrons. The summed E-state index contributed by atoms with van der Waals surface area (Å²) >= 11 is 0. The quantitative estimate of drug-likeness (QED) is 0.703. The van der Waals surface area contributed by atoms with Crippen molar-refractivity contribution in [1.29, 1.82) is 0 Å². The molecule has 0 amide bonds. The first-order valence-electron chi connectivity index (χ1n) is 4.13. The Kier molecular flexibility index (Phi) is 2.16. The Bertz CT molecular complexity index is 331. The maximum atomic E-state index is 12.9. The highest BCUT2D eigenvalue weighted by molar-refractivity contribution is 5.89. The van der Waals surface area contributed by atoms with Crippen LogP contribution in [0.4, 0.5) is 10.2 Å². The second kappa shape index (κ2) is 3.47. The summed E-state index contributed by atoms with van der Waals surface area (Å²) in [4.78, 5) is 7.24. The van der Waals surface area contributed by atoms with Crippen LogP contribution >= 0.6 is 0 Å². The molecular formula is C8H9FN4. The Morgan fingerprint density at radius 1 is 1.46 bits per heavy atom. The molecular weight excluding hydrogens is 171 g/mol. The summed E-state index contributed by atoms with van der Waals surface area (Å²) < 4.78 is 12.9. The molecule has 1 heterocycles. The smallest absolute Gasteiger partial charge is 0.185 e. The zero-order valence-corrected chi connectivity index (χ0v) is 7.00. The molecule has 0 bridgehead atoms. The Balaban J connectivity index is 2.05. The van der Waals surface area contributed by atoms with Crippen LogP contribution in [0.1, 0.15) is 19.3 Å². The Hall–Kier alpha value is -1.52. The van der Waals surface area contributed by atoms with Gasteiger partial charge in [-0.15, -0.1) is 0 Å². The molecule has 1 fully saturated rings. The summed E-state index contributed by atoms with van der Waals surface area (Å²) in [6.07, 6.45) is 5.56. The van der Waals surface area contributed by atoms with Crippen molar-refractivity contribution in [1.82, 2.24) is 9.97 Å². The number of hydrogen-bond donors (Lipinski definition) is 1. The maximum Gasteiger partial charge on any atom is 0.185 e. The number of rotatable bonds is 2. The number of nitrogens with zero attached hydrogens (tertiary/aromatic N) is 3. The molecule has 1 N–H and O–H groups in total. The summed E-state index contributed by atoms with van der Waals surface area (Å²) in [5, 5.41) is 4.00. The summed E-state index contributed by atoms with van der Waals surface area (Å²) in [5.74, 6) is -0.347. The summed E-state index contributed by atoms with van der Waals surface area (Å²) in [5.41, 5.74) is 3.64. The van der Waals surface area contributed by atoms with E-state index in [-0.39, 0.29) is 5.82 Å². The van der Waals surface area contributed by atoms with Gasteiger partial charge in [-0.1, -0.05) is 0 Å². The van der Waals surface area contributed by atoms with E-state index in [1.807, 2.05) is 0 Å². The largest absolute Gasteiger partial charge is 0.259 e. The van der Waals surface area contributed by atoms with E-state index in [0.29, 0.717) is 0 Å². The van der Waals surface area contributed by atoms with Crippen LogP contribution in [-0.4, -0.2) is 15.7 Å². The minimum Gasteiger partial charge on any atom is -0.259 e. The molecule has 5 heteroatoms. The van der Waals surface area contributed by atoms with Gasteiger partial charge >= 0.3 is 0 Å². The molecule has 1 aliphatic carbocycles. The molecule has 0 atom stereocenters. The summed E-state index contributed by atoms with van der Waals surface area (Å²) in [6, 6.07) is 0. The van der Waals surface area contributed by atoms with Gasteiger partial charge in [0.25, 0.3) is 0 Å². The molecule has 4 nitrogen and oxygen atoms in total. The fourth-order valence-corrected chi connectivity index (χ4v) is 0.974. The van der Waals surface area contributed by atoms with Crippen molar-refractivity contribution in [3.05, 3.63) is 18.3 Å². The zero-order valence-electron chi connectivity index (χ0n) is 7.00. The Morgan fingerprint density at radius 2 is 2.31 bits per heavy atom. The van der Waals surface area contributed by atoms with E-state index >= 15 is 0 Å². The highest BCUT2D eigenvalue weighted by Gasteiger charge is 2.10. The van der Waals surface area contributed by atoms with Gasteiger partial charge in [0, 0.05) is 5.71 Å². The molecule has 1 aliphatic rings. The minimum absolute atomic E-state index is 0.134. The second-order valence-corrected chi connectivity index (χ2v) is 2.86. The van der Waals surface area contributed by atoms with Crippen molar-refractivity contribution in [3.63, 3.8) is 0 Å². The molecule has 13 heavy (non-hydrogen) atoms. The number of aromatic nitrogens is 2. The molecule has 0 saturated heterocycles. The van der Waals surface area contributed by atoms with Gasteiger partial charge in [-0.05, 0) is 19.3 Å². The topological polar surface area (TPSA) is 50.2 Å². The minimum atomic E-state index is -0.480. The van der Waals surface area contributed by atoms with Gasteiger partial charge in [-0.25, -0.2) is 14.4 Å². The third kappa shape index (κ3) is 1.80. The van der Waals surface area contributed by atoms with Gasteiger partial charge in [0.2, 0.25) is 0 Å². The van der Waals surface area contributed by atoms with Crippen LogP contribution in [0.5, 0.6) is 0 Å². The van der Waals surface area contributed by atoms with Gasteiger partial charge < -0.3 is 0 Å². The Morgan fingerprint density at radius 3 is 2.92 bits per heavy atom. The number of hydrazone groups is 1. The van der Waals surface area contributed by atoms with Gasteiger partial charge in [0.05, 0.1) is 6.20 Å². The standard InChI is InChI=1S/C8H9FN4/c9-7-4-10-5-11-8(7)13-12-6-2-1-3-6/h4-5H,1-3H2,(H,10,11,13). The first-order valence-corrected chi connectivity index (χ1v) is 4.13. The molecule has 1 aromatic heterocycles. The number of anilines is 1. The fraction of sp³-hybridized carbons (Fsp3) is 0.375. The Labute approximate surface area is 74.9 Å². The third-order valence-corrected chi connectivity index (χ3v) is 1.92. The van der Waals surface area contributed by atoms with Crippen molar-refractivity contribution in [2.75, 3.05) is 5.43 Å². The van der Waals surface area contributed by atoms with E-state index in [9.17, 15) is 4.39 Å². The van der Waals surface area contributed by atoms with E-state index in [1.165, 1.54) is 12.7 Å². The van der Waals surface area contributed by atoms with Gasteiger partial charge in [0.1, 0.15) is 6.33 Å². The van der Waals surface area contributed by atoms with Crippen molar-refractivity contribution in [2.24, 2.45) is 5.10 Å². The molecule has 0 aliphatic heterocycles. The van der Waals surface area contributed by atoms with Crippen molar-refractivity contribution in [2.45, 2.75) is 19.3 Å². The van der Waals surface area contributed by atoms with Crippen LogP contribution in [0.3, 0.4) is 0 Å². The van der Waals surface area contributed by atoms with Crippen LogP contribution in [0.25, 0.3) is 0 Å². The maximum absolute atomic E-state index is 12.9. The predicted octanol–water partition coefficient (Wildman–Crippen LogP) is 1.57. The fourth-order valence-electron chi connectivity index (χ4n) is 0.974. The predicted molar refractivity (Wildman–Crippen MR) is 46.9 cm³/mol. The average Bonchev–Trinajstić information content (AvgIpc) is 2.05. The lowest BCUT2D eigenvalue weighted by Gasteiger charge is -2.13. The van der Waals surface area contributed by atoms with Gasteiger partial charge in [0.15, 0.2) is 11.6 Å². The molecule has 2 rings (SSSR count). The lowest BCUT2D eigenvalue weighted by atomic mass is 9.98. The van der Waals surface area contributed by atoms with Gasteiger partial charge in [-0.3, -0.25) is 5.43 Å². The number of hydrogen-bond acceptors (Lipinski definition) is 4. The first kappa shape index (κ1) is 8.10. The summed E-state index contributed by atoms with van der Waals surface area (Å²) in [7, 11) is 0. The molecule has 0 unspecified atom stereocenters. The molecule has 0 aromatic carbocycles. The molecule has 0 radical (unpaired) electrons. The van der Waals surface area contributed by atoms with Crippen LogP contribution in [0.2, 0.25) is 0 Å². The van der Waals surface area contributed by atoms with E-state index in [0.717, 1.165) is 24.8 Å². The van der Waals surface area contributed by atoms with Crippen LogP contribution in [-0.2, 0) is 0 Å². The molecule has 1 aromatic rings. The zero-order chi connectivity index (χ0) is 9.10. The average molecular weight is 180 g/mol. The number of nitrogens with one attached hydrogen (secondary N) is 1. The highest BCUT2D eigenvalue weighted by atomic mass is 19.1. The van der Waals surface area contributed by atoms with Crippen molar-refractivity contribution < 1.29 is 4.39 Å². The third-order valence-electron chi connectivity index (χ3n) is 1.92.